The van der Waals surface area contributed by atoms with Crippen LogP contribution in [0.4, 0.5) is 5.69 Å². The third-order valence-corrected chi connectivity index (χ3v) is 4.13. The third-order valence-electron chi connectivity index (χ3n) is 3.07. The molecule has 0 saturated carbocycles. The molecule has 1 amide bonds. The third kappa shape index (κ3) is 2.83. The number of thioether (sulfide) groups is 1. The minimum atomic E-state index is -0.141. The minimum absolute atomic E-state index is 0.00948. The first-order valence-corrected chi connectivity index (χ1v) is 7.56. The van der Waals surface area contributed by atoms with Crippen molar-refractivity contribution in [1.82, 2.24) is 20.1 Å². The zero-order valence-electron chi connectivity index (χ0n) is 10.8. The zero-order valence-corrected chi connectivity index (χ0v) is 11.6. The molecule has 0 spiro atoms. The SMILES string of the molecule is O=C(Nc1ccccc1-n1cncn1)C1CSCCN1. The predicted molar refractivity (Wildman–Crippen MR) is 79.1 cm³/mol. The molecule has 3 rings (SSSR count). The van der Waals surface area contributed by atoms with E-state index in [1.807, 2.05) is 24.3 Å². The molecule has 0 radical (unpaired) electrons. The first-order valence-electron chi connectivity index (χ1n) is 6.40. The Bertz CT molecular complexity index is 580. The number of anilines is 1. The Hall–Kier alpha value is -1.86. The second kappa shape index (κ2) is 6.06. The number of amides is 1. The van der Waals surface area contributed by atoms with Gasteiger partial charge in [0.05, 0.1) is 17.4 Å². The number of hydrogen-bond donors (Lipinski definition) is 2. The topological polar surface area (TPSA) is 71.8 Å². The number of aromatic nitrogens is 3. The number of nitrogens with one attached hydrogen (secondary N) is 2. The van der Waals surface area contributed by atoms with Gasteiger partial charge in [0, 0.05) is 18.1 Å². The second-order valence-electron chi connectivity index (χ2n) is 4.43. The van der Waals surface area contributed by atoms with Gasteiger partial charge in [0.2, 0.25) is 5.91 Å². The van der Waals surface area contributed by atoms with Crippen LogP contribution in [0.1, 0.15) is 0 Å². The van der Waals surface area contributed by atoms with E-state index in [0.29, 0.717) is 0 Å². The van der Waals surface area contributed by atoms with Gasteiger partial charge in [-0.25, -0.2) is 9.67 Å². The fourth-order valence-corrected chi connectivity index (χ4v) is 3.00. The van der Waals surface area contributed by atoms with E-state index in [0.717, 1.165) is 29.4 Å². The second-order valence-corrected chi connectivity index (χ2v) is 5.58. The fraction of sp³-hybridized carbons (Fsp3) is 0.308. The summed E-state index contributed by atoms with van der Waals surface area (Å²) in [5.41, 5.74) is 1.54. The van der Waals surface area contributed by atoms with Crippen LogP contribution < -0.4 is 10.6 Å². The summed E-state index contributed by atoms with van der Waals surface area (Å²) in [7, 11) is 0. The Morgan fingerprint density at radius 3 is 3.10 bits per heavy atom. The highest BCUT2D eigenvalue weighted by Crippen LogP contribution is 2.19. The number of carbonyl (C=O) groups is 1. The van der Waals surface area contributed by atoms with Crippen LogP contribution in [-0.2, 0) is 4.79 Å². The first-order chi connectivity index (χ1) is 9.84. The quantitative estimate of drug-likeness (QED) is 0.879. The van der Waals surface area contributed by atoms with Crippen molar-refractivity contribution in [2.75, 3.05) is 23.4 Å². The summed E-state index contributed by atoms with van der Waals surface area (Å²) >= 11 is 1.79. The molecule has 0 aliphatic carbocycles. The van der Waals surface area contributed by atoms with Crippen molar-refractivity contribution in [3.05, 3.63) is 36.9 Å². The largest absolute Gasteiger partial charge is 0.323 e. The molecule has 1 aromatic carbocycles. The standard InChI is InChI=1S/C13H15N5OS/c19-13(11-7-20-6-5-15-11)17-10-3-1-2-4-12(10)18-9-14-8-16-18/h1-4,8-9,11,15H,5-7H2,(H,17,19). The molecule has 1 aliphatic heterocycles. The van der Waals surface area contributed by atoms with Crippen molar-refractivity contribution in [3.8, 4) is 5.69 Å². The van der Waals surface area contributed by atoms with Crippen molar-refractivity contribution in [3.63, 3.8) is 0 Å². The summed E-state index contributed by atoms with van der Waals surface area (Å²) in [5.74, 6) is 1.85. The molecule has 1 fully saturated rings. The maximum Gasteiger partial charge on any atom is 0.242 e. The molecule has 1 aromatic heterocycles. The van der Waals surface area contributed by atoms with Crippen molar-refractivity contribution in [1.29, 1.82) is 0 Å². The van der Waals surface area contributed by atoms with Crippen LogP contribution in [0.5, 0.6) is 0 Å². The van der Waals surface area contributed by atoms with Gasteiger partial charge in [0.25, 0.3) is 0 Å². The van der Waals surface area contributed by atoms with Crippen LogP contribution in [0.15, 0.2) is 36.9 Å². The molecule has 1 saturated heterocycles. The van der Waals surface area contributed by atoms with Gasteiger partial charge in [-0.15, -0.1) is 0 Å². The van der Waals surface area contributed by atoms with Crippen LogP contribution in [-0.4, -0.2) is 44.8 Å². The molecule has 6 nitrogen and oxygen atoms in total. The van der Waals surface area contributed by atoms with E-state index in [1.54, 1.807) is 22.8 Å². The van der Waals surface area contributed by atoms with Crippen molar-refractivity contribution in [2.45, 2.75) is 6.04 Å². The van der Waals surface area contributed by atoms with Gasteiger partial charge in [-0.2, -0.15) is 16.9 Å². The number of carbonyl (C=O) groups excluding carboxylic acids is 1. The van der Waals surface area contributed by atoms with Crippen LogP contribution in [0.3, 0.4) is 0 Å². The van der Waals surface area contributed by atoms with Crippen LogP contribution in [0.25, 0.3) is 5.69 Å². The predicted octanol–water partition coefficient (Wildman–Crippen LogP) is 0.911. The zero-order chi connectivity index (χ0) is 13.8. The van der Waals surface area contributed by atoms with Gasteiger partial charge in [0.1, 0.15) is 12.7 Å². The Kier molecular flexibility index (Phi) is 3.98. The number of hydrogen-bond acceptors (Lipinski definition) is 5. The molecular weight excluding hydrogens is 274 g/mol. The van der Waals surface area contributed by atoms with E-state index in [2.05, 4.69) is 20.7 Å². The van der Waals surface area contributed by atoms with Gasteiger partial charge in [-0.05, 0) is 12.1 Å². The molecule has 1 atom stereocenters. The van der Waals surface area contributed by atoms with Gasteiger partial charge in [-0.3, -0.25) is 4.79 Å². The van der Waals surface area contributed by atoms with Crippen LogP contribution in [0.2, 0.25) is 0 Å². The van der Waals surface area contributed by atoms with Gasteiger partial charge >= 0.3 is 0 Å². The molecule has 2 aromatic rings. The molecule has 1 aliphatic rings. The summed E-state index contributed by atoms with van der Waals surface area (Å²) in [5, 5.41) is 10.3. The van der Waals surface area contributed by atoms with Gasteiger partial charge in [0.15, 0.2) is 0 Å². The van der Waals surface area contributed by atoms with Gasteiger partial charge < -0.3 is 10.6 Å². The highest BCUT2D eigenvalue weighted by molar-refractivity contribution is 7.99. The highest BCUT2D eigenvalue weighted by Gasteiger charge is 2.21. The van der Waals surface area contributed by atoms with E-state index in [4.69, 9.17) is 0 Å². The average Bonchev–Trinajstić information content (AvgIpc) is 3.03. The number of para-hydroxylation sites is 2. The van der Waals surface area contributed by atoms with Crippen LogP contribution >= 0.6 is 11.8 Å². The minimum Gasteiger partial charge on any atom is -0.323 e. The molecule has 20 heavy (non-hydrogen) atoms. The summed E-state index contributed by atoms with van der Waals surface area (Å²) < 4.78 is 1.64. The summed E-state index contributed by atoms with van der Waals surface area (Å²) in [4.78, 5) is 16.2. The summed E-state index contributed by atoms with van der Waals surface area (Å²) in [6, 6.07) is 7.41. The fourth-order valence-electron chi connectivity index (χ4n) is 2.07. The lowest BCUT2D eigenvalue weighted by atomic mass is 10.2. The molecule has 0 bridgehead atoms. The molecule has 2 heterocycles. The lowest BCUT2D eigenvalue weighted by molar-refractivity contribution is -0.117. The van der Waals surface area contributed by atoms with Crippen molar-refractivity contribution >= 4 is 23.4 Å². The average molecular weight is 289 g/mol. The Morgan fingerprint density at radius 1 is 1.45 bits per heavy atom. The first kappa shape index (κ1) is 13.1. The maximum absolute atomic E-state index is 12.3. The summed E-state index contributed by atoms with van der Waals surface area (Å²) in [6.45, 7) is 0.869. The normalized spacial score (nSPS) is 18.7. The number of benzene rings is 1. The lowest BCUT2D eigenvalue weighted by Crippen LogP contribution is -2.46. The highest BCUT2D eigenvalue weighted by atomic mass is 32.2. The van der Waals surface area contributed by atoms with E-state index < -0.39 is 0 Å². The van der Waals surface area contributed by atoms with Crippen LogP contribution in [0, 0.1) is 0 Å². The van der Waals surface area contributed by atoms with Crippen molar-refractivity contribution in [2.24, 2.45) is 0 Å². The van der Waals surface area contributed by atoms with E-state index in [1.165, 1.54) is 6.33 Å². The van der Waals surface area contributed by atoms with E-state index in [9.17, 15) is 4.79 Å². The molecule has 7 heteroatoms. The Balaban J connectivity index is 1.79. The molecule has 1 unspecified atom stereocenters. The monoisotopic (exact) mass is 289 g/mol. The molecule has 2 N–H and O–H groups in total. The Labute approximate surface area is 121 Å². The molecule has 104 valence electrons. The Morgan fingerprint density at radius 2 is 2.35 bits per heavy atom. The smallest absolute Gasteiger partial charge is 0.242 e. The maximum atomic E-state index is 12.3. The number of nitrogens with zero attached hydrogens (tertiary/aromatic N) is 3. The van der Waals surface area contributed by atoms with E-state index in [-0.39, 0.29) is 11.9 Å². The lowest BCUT2D eigenvalue weighted by Gasteiger charge is -2.22. The van der Waals surface area contributed by atoms with Gasteiger partial charge in [-0.1, -0.05) is 12.1 Å². The number of rotatable bonds is 3. The van der Waals surface area contributed by atoms with E-state index >= 15 is 0 Å². The molecular formula is C13H15N5OS. The van der Waals surface area contributed by atoms with Crippen molar-refractivity contribution < 1.29 is 4.79 Å². The summed E-state index contributed by atoms with van der Waals surface area (Å²) in [6.07, 6.45) is 3.08.